The van der Waals surface area contributed by atoms with Gasteiger partial charge < -0.3 is 19.3 Å². The molecule has 1 aliphatic heterocycles. The van der Waals surface area contributed by atoms with Crippen molar-refractivity contribution in [2.45, 2.75) is 44.7 Å². The first kappa shape index (κ1) is 24.8. The van der Waals surface area contributed by atoms with Gasteiger partial charge in [-0.15, -0.1) is 0 Å². The Kier molecular flexibility index (Phi) is 8.16. The highest BCUT2D eigenvalue weighted by Gasteiger charge is 2.29. The van der Waals surface area contributed by atoms with E-state index in [0.29, 0.717) is 25.5 Å². The molecule has 1 amide bonds. The lowest BCUT2D eigenvalue weighted by atomic mass is 10.0. The maximum atomic E-state index is 12.9. The number of benzene rings is 1. The minimum absolute atomic E-state index is 0.00356. The third-order valence-electron chi connectivity index (χ3n) is 5.08. The van der Waals surface area contributed by atoms with Crippen molar-refractivity contribution in [3.8, 4) is 0 Å². The van der Waals surface area contributed by atoms with Crippen LogP contribution in [0, 0.1) is 5.92 Å². The molecule has 0 radical (unpaired) electrons. The van der Waals surface area contributed by atoms with Gasteiger partial charge in [0.2, 0.25) is 10.0 Å². The predicted octanol–water partition coefficient (Wildman–Crippen LogP) is 1.15. The number of nitrogens with zero attached hydrogens (tertiary/aromatic N) is 3. The highest BCUT2D eigenvalue weighted by Crippen LogP contribution is 2.19. The van der Waals surface area contributed by atoms with Gasteiger partial charge in [0.25, 0.3) is 11.8 Å². The van der Waals surface area contributed by atoms with Crippen molar-refractivity contribution < 1.29 is 32.0 Å². The van der Waals surface area contributed by atoms with E-state index in [2.05, 4.69) is 15.5 Å². The van der Waals surface area contributed by atoms with E-state index in [-0.39, 0.29) is 42.0 Å². The zero-order chi connectivity index (χ0) is 24.0. The molecule has 1 saturated heterocycles. The Morgan fingerprint density at radius 3 is 2.61 bits per heavy atom. The van der Waals surface area contributed by atoms with Crippen LogP contribution in [0.5, 0.6) is 0 Å². The molecule has 33 heavy (non-hydrogen) atoms. The highest BCUT2D eigenvalue weighted by atomic mass is 32.2. The third kappa shape index (κ3) is 6.15. The molecule has 1 aromatic heterocycles. The average Bonchev–Trinajstić information content (AvgIpc) is 3.29. The minimum atomic E-state index is -3.76. The SMILES string of the molecule is CCc1noc(COC(=O)[C@@H](NC(=O)c2cccc(S(=O)(=O)N3CCOCC3)c2)C(C)C)n1. The Balaban J connectivity index is 1.68. The molecule has 0 bridgehead atoms. The lowest BCUT2D eigenvalue weighted by Crippen LogP contribution is -2.45. The second-order valence-electron chi connectivity index (χ2n) is 7.81. The van der Waals surface area contributed by atoms with Gasteiger partial charge in [0, 0.05) is 25.1 Å². The van der Waals surface area contributed by atoms with Crippen molar-refractivity contribution in [3.05, 3.63) is 41.5 Å². The van der Waals surface area contributed by atoms with Gasteiger partial charge in [-0.1, -0.05) is 32.0 Å². The van der Waals surface area contributed by atoms with Gasteiger partial charge in [0.15, 0.2) is 12.4 Å². The molecule has 0 saturated carbocycles. The topological polar surface area (TPSA) is 141 Å². The van der Waals surface area contributed by atoms with E-state index in [1.165, 1.54) is 28.6 Å². The van der Waals surface area contributed by atoms with Gasteiger partial charge >= 0.3 is 5.97 Å². The Bertz CT molecular complexity index is 1080. The monoisotopic (exact) mass is 480 g/mol. The van der Waals surface area contributed by atoms with E-state index in [1.54, 1.807) is 13.8 Å². The van der Waals surface area contributed by atoms with E-state index >= 15 is 0 Å². The lowest BCUT2D eigenvalue weighted by Gasteiger charge is -2.26. The van der Waals surface area contributed by atoms with E-state index in [4.69, 9.17) is 14.0 Å². The summed E-state index contributed by atoms with van der Waals surface area (Å²) >= 11 is 0. The molecule has 0 unspecified atom stereocenters. The number of amides is 1. The quantitative estimate of drug-likeness (QED) is 0.523. The predicted molar refractivity (Wildman–Crippen MR) is 116 cm³/mol. The van der Waals surface area contributed by atoms with Gasteiger partial charge in [-0.2, -0.15) is 9.29 Å². The van der Waals surface area contributed by atoms with Crippen LogP contribution >= 0.6 is 0 Å². The van der Waals surface area contributed by atoms with Gasteiger partial charge in [-0.25, -0.2) is 13.2 Å². The number of rotatable bonds is 9. The second-order valence-corrected chi connectivity index (χ2v) is 9.74. The van der Waals surface area contributed by atoms with Crippen LogP contribution in [0.4, 0.5) is 0 Å². The molecule has 2 heterocycles. The molecule has 3 rings (SSSR count). The molecular formula is C21H28N4O7S. The molecule has 12 heteroatoms. The summed E-state index contributed by atoms with van der Waals surface area (Å²) in [5, 5.41) is 6.37. The van der Waals surface area contributed by atoms with Crippen molar-refractivity contribution >= 4 is 21.9 Å². The summed E-state index contributed by atoms with van der Waals surface area (Å²) in [6.07, 6.45) is 0.586. The molecule has 2 aromatic rings. The van der Waals surface area contributed by atoms with E-state index in [0.717, 1.165) is 0 Å². The molecule has 1 atom stereocenters. The van der Waals surface area contributed by atoms with Crippen molar-refractivity contribution in [1.82, 2.24) is 19.8 Å². The first-order chi connectivity index (χ1) is 15.7. The number of nitrogens with one attached hydrogen (secondary N) is 1. The molecule has 11 nitrogen and oxygen atoms in total. The molecule has 1 fully saturated rings. The molecule has 1 N–H and O–H groups in total. The van der Waals surface area contributed by atoms with Crippen molar-refractivity contribution in [2.24, 2.45) is 5.92 Å². The standard InChI is InChI=1S/C21H28N4O7S/c1-4-17-22-18(32-24-17)13-31-21(27)19(14(2)3)23-20(26)15-6-5-7-16(12-15)33(28,29)25-8-10-30-11-9-25/h5-7,12,14,19H,4,8-11,13H2,1-3H3,(H,23,26)/t19-/m0/s1. The molecular weight excluding hydrogens is 452 g/mol. The van der Waals surface area contributed by atoms with Crippen LogP contribution in [0.15, 0.2) is 33.7 Å². The fourth-order valence-electron chi connectivity index (χ4n) is 3.17. The van der Waals surface area contributed by atoms with Crippen LogP contribution < -0.4 is 5.32 Å². The largest absolute Gasteiger partial charge is 0.454 e. The Hall–Kier alpha value is -2.83. The van der Waals surface area contributed by atoms with Crippen LogP contribution in [0.25, 0.3) is 0 Å². The zero-order valence-corrected chi connectivity index (χ0v) is 19.6. The fourth-order valence-corrected chi connectivity index (χ4v) is 4.63. The zero-order valence-electron chi connectivity index (χ0n) is 18.8. The maximum Gasteiger partial charge on any atom is 0.329 e. The van der Waals surface area contributed by atoms with Gasteiger partial charge in [0.1, 0.15) is 6.04 Å². The first-order valence-electron chi connectivity index (χ1n) is 10.7. The maximum absolute atomic E-state index is 12.9. The highest BCUT2D eigenvalue weighted by molar-refractivity contribution is 7.89. The van der Waals surface area contributed by atoms with Crippen LogP contribution in [0.3, 0.4) is 0 Å². The first-order valence-corrected chi connectivity index (χ1v) is 12.1. The van der Waals surface area contributed by atoms with Crippen molar-refractivity contribution in [2.75, 3.05) is 26.3 Å². The fraction of sp³-hybridized carbons (Fsp3) is 0.524. The van der Waals surface area contributed by atoms with E-state index in [1.807, 2.05) is 6.92 Å². The summed E-state index contributed by atoms with van der Waals surface area (Å²) in [6, 6.07) is 4.76. The van der Waals surface area contributed by atoms with Crippen LogP contribution in [-0.2, 0) is 37.3 Å². The molecule has 1 aromatic carbocycles. The van der Waals surface area contributed by atoms with Crippen LogP contribution in [0.1, 0.15) is 42.8 Å². The van der Waals surface area contributed by atoms with Crippen LogP contribution in [0.2, 0.25) is 0 Å². The number of hydrogen-bond acceptors (Lipinski definition) is 9. The van der Waals surface area contributed by atoms with Crippen molar-refractivity contribution in [1.29, 1.82) is 0 Å². The summed E-state index contributed by atoms with van der Waals surface area (Å²) in [5.41, 5.74) is 0.118. The smallest absolute Gasteiger partial charge is 0.329 e. The minimum Gasteiger partial charge on any atom is -0.454 e. The summed E-state index contributed by atoms with van der Waals surface area (Å²) < 4.78 is 42.5. The summed E-state index contributed by atoms with van der Waals surface area (Å²) in [5.74, 6) is -0.866. The van der Waals surface area contributed by atoms with Gasteiger partial charge in [-0.05, 0) is 24.1 Å². The number of ether oxygens (including phenoxy) is 2. The number of hydrogen-bond donors (Lipinski definition) is 1. The lowest BCUT2D eigenvalue weighted by molar-refractivity contribution is -0.149. The van der Waals surface area contributed by atoms with E-state index in [9.17, 15) is 18.0 Å². The number of carbonyl (C=O) groups is 2. The molecule has 0 spiro atoms. The number of aromatic nitrogens is 2. The number of sulfonamides is 1. The number of morpholine rings is 1. The Morgan fingerprint density at radius 1 is 1.24 bits per heavy atom. The summed E-state index contributed by atoms with van der Waals surface area (Å²) in [7, 11) is -3.76. The number of carbonyl (C=O) groups excluding carboxylic acids is 2. The Morgan fingerprint density at radius 2 is 1.97 bits per heavy atom. The Labute approximate surface area is 192 Å². The van der Waals surface area contributed by atoms with Gasteiger partial charge in [-0.3, -0.25) is 4.79 Å². The van der Waals surface area contributed by atoms with Crippen LogP contribution in [-0.4, -0.2) is 67.1 Å². The third-order valence-corrected chi connectivity index (χ3v) is 6.97. The molecule has 1 aliphatic rings. The summed E-state index contributed by atoms with van der Waals surface area (Å²) in [6.45, 7) is 6.31. The molecule has 180 valence electrons. The van der Waals surface area contributed by atoms with Gasteiger partial charge in [0.05, 0.1) is 18.1 Å². The second kappa shape index (κ2) is 10.9. The summed E-state index contributed by atoms with van der Waals surface area (Å²) in [4.78, 5) is 29.5. The molecule has 0 aliphatic carbocycles. The number of esters is 1. The van der Waals surface area contributed by atoms with Crippen molar-refractivity contribution in [3.63, 3.8) is 0 Å². The average molecular weight is 481 g/mol. The van der Waals surface area contributed by atoms with E-state index < -0.39 is 27.9 Å². The number of aryl methyl sites for hydroxylation is 1. The normalized spacial score (nSPS) is 15.9.